The Hall–Kier alpha value is -0.480. The van der Waals surface area contributed by atoms with E-state index in [2.05, 4.69) is 11.8 Å². The van der Waals surface area contributed by atoms with E-state index in [9.17, 15) is 5.11 Å². The molecule has 1 rings (SSSR count). The standard InChI is InChI=1S/C7H10O/c1-6(2,8)7(3)4-5-7/h8H,1-3H3. The first-order valence-electron chi connectivity index (χ1n) is 2.72. The Balaban J connectivity index is 2.61. The molecule has 0 aromatic carbocycles. The molecule has 0 heterocycles. The predicted octanol–water partition coefficient (Wildman–Crippen LogP) is 0.781. The van der Waals surface area contributed by atoms with Gasteiger partial charge < -0.3 is 5.11 Å². The molecular weight excluding hydrogens is 100 g/mol. The van der Waals surface area contributed by atoms with Crippen LogP contribution in [0, 0.1) is 17.3 Å². The molecule has 44 valence electrons. The number of aliphatic hydroxyl groups is 1. The van der Waals surface area contributed by atoms with E-state index >= 15 is 0 Å². The van der Waals surface area contributed by atoms with Crippen LogP contribution in [0.25, 0.3) is 0 Å². The smallest absolute Gasteiger partial charge is 0.117 e. The topological polar surface area (TPSA) is 20.2 Å². The molecule has 1 aliphatic carbocycles. The molecule has 0 radical (unpaired) electrons. The first kappa shape index (κ1) is 5.65. The third-order valence-corrected chi connectivity index (χ3v) is 1.72. The van der Waals surface area contributed by atoms with Crippen molar-refractivity contribution >= 4 is 0 Å². The van der Waals surface area contributed by atoms with Crippen molar-refractivity contribution in [2.45, 2.75) is 26.4 Å². The Morgan fingerprint density at radius 1 is 1.38 bits per heavy atom. The predicted molar refractivity (Wildman–Crippen MR) is 32.2 cm³/mol. The van der Waals surface area contributed by atoms with E-state index in [-0.39, 0.29) is 5.41 Å². The van der Waals surface area contributed by atoms with Crippen molar-refractivity contribution in [1.82, 2.24) is 0 Å². The Bertz CT molecular complexity index is 152. The van der Waals surface area contributed by atoms with Crippen LogP contribution in [-0.2, 0) is 0 Å². The highest BCUT2D eigenvalue weighted by molar-refractivity contribution is 5.43. The first-order valence-corrected chi connectivity index (χ1v) is 2.72. The summed E-state index contributed by atoms with van der Waals surface area (Å²) in [6.45, 7) is 5.44. The van der Waals surface area contributed by atoms with Crippen LogP contribution in [0.1, 0.15) is 20.8 Å². The van der Waals surface area contributed by atoms with Gasteiger partial charge in [-0.1, -0.05) is 11.8 Å². The summed E-state index contributed by atoms with van der Waals surface area (Å²) < 4.78 is 0. The fraction of sp³-hybridized carbons (Fsp3) is 0.714. The molecular formula is C7H10O. The molecule has 1 N–H and O–H groups in total. The van der Waals surface area contributed by atoms with Gasteiger partial charge in [0.15, 0.2) is 0 Å². The number of hydrogen-bond donors (Lipinski definition) is 1. The second-order valence-electron chi connectivity index (χ2n) is 2.93. The van der Waals surface area contributed by atoms with Gasteiger partial charge in [0.25, 0.3) is 0 Å². The molecule has 8 heavy (non-hydrogen) atoms. The van der Waals surface area contributed by atoms with Gasteiger partial charge in [-0.2, -0.15) is 0 Å². The van der Waals surface area contributed by atoms with Crippen LogP contribution in [-0.4, -0.2) is 10.7 Å². The van der Waals surface area contributed by atoms with Gasteiger partial charge in [-0.15, -0.1) is 0 Å². The largest absolute Gasteiger partial charge is 0.388 e. The van der Waals surface area contributed by atoms with Gasteiger partial charge in [0.1, 0.15) is 5.41 Å². The van der Waals surface area contributed by atoms with Crippen LogP contribution in [0.2, 0.25) is 0 Å². The number of hydrogen-bond acceptors (Lipinski definition) is 1. The van der Waals surface area contributed by atoms with Crippen LogP contribution in [0.3, 0.4) is 0 Å². The maximum Gasteiger partial charge on any atom is 0.117 e. The van der Waals surface area contributed by atoms with Crippen molar-refractivity contribution in [3.63, 3.8) is 0 Å². The fourth-order valence-corrected chi connectivity index (χ4v) is 0.400. The molecule has 0 unspecified atom stereocenters. The van der Waals surface area contributed by atoms with Gasteiger partial charge in [-0.3, -0.25) is 0 Å². The minimum absolute atomic E-state index is 0.257. The zero-order valence-electron chi connectivity index (χ0n) is 5.45. The van der Waals surface area contributed by atoms with E-state index in [0.717, 1.165) is 0 Å². The normalized spacial score (nSPS) is 21.5. The first-order chi connectivity index (χ1) is 3.46. The highest BCUT2D eigenvalue weighted by Gasteiger charge is 2.43. The zero-order chi connectivity index (χ0) is 6.41. The summed E-state index contributed by atoms with van der Waals surface area (Å²) in [5.74, 6) is 5.70. The molecule has 0 bridgehead atoms. The third kappa shape index (κ3) is 0.617. The molecule has 0 fully saturated rings. The Morgan fingerprint density at radius 3 is 1.75 bits per heavy atom. The van der Waals surface area contributed by atoms with Gasteiger partial charge in [0.2, 0.25) is 0 Å². The molecule has 0 aromatic heterocycles. The molecule has 0 amide bonds. The zero-order valence-corrected chi connectivity index (χ0v) is 5.45. The molecule has 0 aromatic rings. The molecule has 0 atom stereocenters. The van der Waals surface area contributed by atoms with E-state index in [1.54, 1.807) is 13.8 Å². The molecule has 0 spiro atoms. The Kier molecular flexibility index (Phi) is 0.768. The van der Waals surface area contributed by atoms with Crippen LogP contribution >= 0.6 is 0 Å². The Morgan fingerprint density at radius 2 is 1.75 bits per heavy atom. The van der Waals surface area contributed by atoms with Gasteiger partial charge in [-0.05, 0) is 20.8 Å². The van der Waals surface area contributed by atoms with E-state index < -0.39 is 5.60 Å². The monoisotopic (exact) mass is 110 g/mol. The summed E-state index contributed by atoms with van der Waals surface area (Å²) >= 11 is 0. The lowest BCUT2D eigenvalue weighted by Gasteiger charge is -2.23. The minimum Gasteiger partial charge on any atom is -0.388 e. The highest BCUT2D eigenvalue weighted by atomic mass is 16.3. The summed E-state index contributed by atoms with van der Waals surface area (Å²) in [4.78, 5) is 0. The van der Waals surface area contributed by atoms with Gasteiger partial charge in [0.05, 0.1) is 5.60 Å². The summed E-state index contributed by atoms with van der Waals surface area (Å²) in [5, 5.41) is 9.29. The van der Waals surface area contributed by atoms with Crippen molar-refractivity contribution in [3.8, 4) is 11.8 Å². The van der Waals surface area contributed by atoms with Crippen LogP contribution < -0.4 is 0 Å². The summed E-state index contributed by atoms with van der Waals surface area (Å²) in [6, 6.07) is 0. The van der Waals surface area contributed by atoms with Gasteiger partial charge >= 0.3 is 0 Å². The second-order valence-corrected chi connectivity index (χ2v) is 2.93. The molecule has 1 nitrogen and oxygen atoms in total. The summed E-state index contributed by atoms with van der Waals surface area (Å²) in [6.07, 6.45) is 0. The summed E-state index contributed by atoms with van der Waals surface area (Å²) in [7, 11) is 0. The van der Waals surface area contributed by atoms with E-state index in [1.807, 2.05) is 6.92 Å². The minimum atomic E-state index is -0.674. The maximum atomic E-state index is 9.29. The van der Waals surface area contributed by atoms with Crippen molar-refractivity contribution in [2.75, 3.05) is 0 Å². The lowest BCUT2D eigenvalue weighted by Crippen LogP contribution is -2.32. The van der Waals surface area contributed by atoms with Crippen molar-refractivity contribution < 1.29 is 5.11 Å². The van der Waals surface area contributed by atoms with E-state index in [0.29, 0.717) is 0 Å². The van der Waals surface area contributed by atoms with Crippen molar-refractivity contribution in [3.05, 3.63) is 0 Å². The average molecular weight is 110 g/mol. The number of rotatable bonds is 1. The molecule has 1 aliphatic rings. The SMILES string of the molecule is CC(C)(O)C1(C)C#C1. The van der Waals surface area contributed by atoms with Crippen LogP contribution in [0.15, 0.2) is 0 Å². The molecule has 0 saturated heterocycles. The molecule has 1 heteroatoms. The van der Waals surface area contributed by atoms with Crippen LogP contribution in [0.4, 0.5) is 0 Å². The summed E-state index contributed by atoms with van der Waals surface area (Å²) in [5.41, 5.74) is -0.931. The van der Waals surface area contributed by atoms with Gasteiger partial charge in [-0.25, -0.2) is 0 Å². The lowest BCUT2D eigenvalue weighted by atomic mass is 9.86. The maximum absolute atomic E-state index is 9.29. The average Bonchev–Trinajstić information content (AvgIpc) is 2.16. The van der Waals surface area contributed by atoms with Crippen LogP contribution in [0.5, 0.6) is 0 Å². The second kappa shape index (κ2) is 1.09. The van der Waals surface area contributed by atoms with E-state index in [1.165, 1.54) is 0 Å². The third-order valence-electron chi connectivity index (χ3n) is 1.72. The molecule has 0 aliphatic heterocycles. The molecule has 0 saturated carbocycles. The highest BCUT2D eigenvalue weighted by Crippen LogP contribution is 2.36. The Labute approximate surface area is 49.7 Å². The van der Waals surface area contributed by atoms with Crippen molar-refractivity contribution in [1.29, 1.82) is 0 Å². The van der Waals surface area contributed by atoms with Gasteiger partial charge in [0, 0.05) is 0 Å². The van der Waals surface area contributed by atoms with Crippen molar-refractivity contribution in [2.24, 2.45) is 5.41 Å². The quantitative estimate of drug-likeness (QED) is 0.494. The lowest BCUT2D eigenvalue weighted by molar-refractivity contribution is 0.0272. The van der Waals surface area contributed by atoms with E-state index in [4.69, 9.17) is 0 Å². The fourth-order valence-electron chi connectivity index (χ4n) is 0.400.